The zero-order valence-electron chi connectivity index (χ0n) is 11.1. The zero-order chi connectivity index (χ0) is 13.4. The highest BCUT2D eigenvalue weighted by Gasteiger charge is 2.08. The Bertz CT molecular complexity index is 380. The van der Waals surface area contributed by atoms with Gasteiger partial charge in [-0.15, -0.1) is 0 Å². The van der Waals surface area contributed by atoms with Crippen molar-refractivity contribution in [2.75, 3.05) is 38.6 Å². The minimum absolute atomic E-state index is 0.213. The van der Waals surface area contributed by atoms with E-state index in [9.17, 15) is 4.79 Å². The summed E-state index contributed by atoms with van der Waals surface area (Å²) in [6.45, 7) is 7.98. The van der Waals surface area contributed by atoms with E-state index in [-0.39, 0.29) is 5.69 Å². The molecule has 0 unspecified atom stereocenters. The summed E-state index contributed by atoms with van der Waals surface area (Å²) in [6.07, 6.45) is 2.98. The first-order valence-electron chi connectivity index (χ1n) is 6.07. The minimum atomic E-state index is -0.477. The first-order valence-corrected chi connectivity index (χ1v) is 6.07. The summed E-state index contributed by atoms with van der Waals surface area (Å²) in [5.74, 6) is 0.111. The lowest BCUT2D eigenvalue weighted by molar-refractivity contribution is 0.0593. The van der Waals surface area contributed by atoms with Crippen molar-refractivity contribution in [2.24, 2.45) is 0 Å². The molecule has 0 bridgehead atoms. The van der Waals surface area contributed by atoms with Crippen LogP contribution in [-0.2, 0) is 4.74 Å². The van der Waals surface area contributed by atoms with Gasteiger partial charge in [-0.2, -0.15) is 0 Å². The second kappa shape index (κ2) is 7.60. The van der Waals surface area contributed by atoms with Crippen LogP contribution in [0.25, 0.3) is 0 Å². The van der Waals surface area contributed by atoms with Crippen LogP contribution in [0.1, 0.15) is 24.3 Å². The molecule has 0 aliphatic rings. The molecular formula is C12H20N4O2. The Hall–Kier alpha value is -1.69. The van der Waals surface area contributed by atoms with Crippen LogP contribution in [-0.4, -0.2) is 54.1 Å². The standard InChI is InChI=1S/C12H20N4O2/c1-4-16(5-2)7-6-14-11-9-13-8-10(15-11)12(17)18-3/h8-9H,4-7H2,1-3H3,(H,14,15). The van der Waals surface area contributed by atoms with Crippen LogP contribution < -0.4 is 5.32 Å². The first-order chi connectivity index (χ1) is 8.71. The Balaban J connectivity index is 2.50. The molecule has 6 heteroatoms. The smallest absolute Gasteiger partial charge is 0.358 e. The van der Waals surface area contributed by atoms with E-state index >= 15 is 0 Å². The van der Waals surface area contributed by atoms with Crippen molar-refractivity contribution >= 4 is 11.8 Å². The number of ether oxygens (including phenoxy) is 1. The molecule has 1 aromatic rings. The van der Waals surface area contributed by atoms with Crippen LogP contribution in [0, 0.1) is 0 Å². The van der Waals surface area contributed by atoms with E-state index in [1.165, 1.54) is 13.3 Å². The van der Waals surface area contributed by atoms with E-state index in [1.807, 2.05) is 0 Å². The van der Waals surface area contributed by atoms with E-state index in [0.29, 0.717) is 5.82 Å². The number of carbonyl (C=O) groups is 1. The Labute approximate surface area is 107 Å². The van der Waals surface area contributed by atoms with Crippen molar-refractivity contribution in [2.45, 2.75) is 13.8 Å². The average molecular weight is 252 g/mol. The normalized spacial score (nSPS) is 10.4. The van der Waals surface area contributed by atoms with Gasteiger partial charge in [-0.05, 0) is 13.1 Å². The summed E-state index contributed by atoms with van der Waals surface area (Å²) in [5, 5.41) is 3.14. The number of methoxy groups -OCH3 is 1. The number of likely N-dealkylation sites (N-methyl/N-ethyl adjacent to an activating group) is 1. The van der Waals surface area contributed by atoms with Crippen molar-refractivity contribution < 1.29 is 9.53 Å². The lowest BCUT2D eigenvalue weighted by Crippen LogP contribution is -2.28. The van der Waals surface area contributed by atoms with Crippen LogP contribution in [0.2, 0.25) is 0 Å². The first kappa shape index (κ1) is 14.4. The highest BCUT2D eigenvalue weighted by molar-refractivity contribution is 5.87. The number of carbonyl (C=O) groups excluding carboxylic acids is 1. The molecule has 1 heterocycles. The van der Waals surface area contributed by atoms with E-state index in [2.05, 4.69) is 38.8 Å². The Morgan fingerprint density at radius 3 is 2.72 bits per heavy atom. The molecule has 1 N–H and O–H groups in total. The van der Waals surface area contributed by atoms with Gasteiger partial charge in [0.15, 0.2) is 5.69 Å². The SMILES string of the molecule is CCN(CC)CCNc1cncc(C(=O)OC)n1. The zero-order valence-corrected chi connectivity index (χ0v) is 11.1. The number of anilines is 1. The summed E-state index contributed by atoms with van der Waals surface area (Å²) in [4.78, 5) is 21.7. The van der Waals surface area contributed by atoms with Crippen LogP contribution in [0.4, 0.5) is 5.82 Å². The molecule has 0 fully saturated rings. The summed E-state index contributed by atoms with van der Waals surface area (Å²) < 4.78 is 4.59. The summed E-state index contributed by atoms with van der Waals surface area (Å²) >= 11 is 0. The molecule has 0 saturated carbocycles. The fourth-order valence-corrected chi connectivity index (χ4v) is 1.54. The topological polar surface area (TPSA) is 67.4 Å². The Kier molecular flexibility index (Phi) is 6.07. The fourth-order valence-electron chi connectivity index (χ4n) is 1.54. The molecule has 0 spiro atoms. The molecule has 1 aromatic heterocycles. The second-order valence-corrected chi connectivity index (χ2v) is 3.73. The van der Waals surface area contributed by atoms with Gasteiger partial charge in [-0.1, -0.05) is 13.8 Å². The van der Waals surface area contributed by atoms with Crippen molar-refractivity contribution in [3.63, 3.8) is 0 Å². The molecule has 18 heavy (non-hydrogen) atoms. The minimum Gasteiger partial charge on any atom is -0.464 e. The molecule has 6 nitrogen and oxygen atoms in total. The van der Waals surface area contributed by atoms with E-state index in [0.717, 1.165) is 26.2 Å². The lowest BCUT2D eigenvalue weighted by Gasteiger charge is -2.18. The summed E-state index contributed by atoms with van der Waals surface area (Å²) in [5.41, 5.74) is 0.213. The molecule has 0 saturated heterocycles. The van der Waals surface area contributed by atoms with Gasteiger partial charge in [-0.25, -0.2) is 9.78 Å². The second-order valence-electron chi connectivity index (χ2n) is 3.73. The van der Waals surface area contributed by atoms with E-state index in [1.54, 1.807) is 6.20 Å². The number of esters is 1. The van der Waals surface area contributed by atoms with Gasteiger partial charge in [0.2, 0.25) is 0 Å². The molecule has 0 aromatic carbocycles. The molecule has 0 radical (unpaired) electrons. The van der Waals surface area contributed by atoms with Gasteiger partial charge in [-0.3, -0.25) is 4.98 Å². The van der Waals surface area contributed by atoms with E-state index < -0.39 is 5.97 Å². The summed E-state index contributed by atoms with van der Waals surface area (Å²) in [7, 11) is 1.32. The van der Waals surface area contributed by atoms with E-state index in [4.69, 9.17) is 0 Å². The maximum atomic E-state index is 11.3. The highest BCUT2D eigenvalue weighted by atomic mass is 16.5. The third-order valence-corrected chi connectivity index (χ3v) is 2.66. The van der Waals surface area contributed by atoms with Gasteiger partial charge in [0.1, 0.15) is 5.82 Å². The molecule has 1 rings (SSSR count). The number of nitrogens with one attached hydrogen (secondary N) is 1. The molecule has 0 aliphatic heterocycles. The third kappa shape index (κ3) is 4.29. The maximum Gasteiger partial charge on any atom is 0.358 e. The molecule has 100 valence electrons. The predicted octanol–water partition coefficient (Wildman–Crippen LogP) is 1.02. The number of aromatic nitrogens is 2. The van der Waals surface area contributed by atoms with Crippen molar-refractivity contribution in [1.29, 1.82) is 0 Å². The number of hydrogen-bond acceptors (Lipinski definition) is 6. The maximum absolute atomic E-state index is 11.3. The van der Waals surface area contributed by atoms with Crippen LogP contribution in [0.5, 0.6) is 0 Å². The largest absolute Gasteiger partial charge is 0.464 e. The Morgan fingerprint density at radius 1 is 1.39 bits per heavy atom. The number of nitrogens with zero attached hydrogens (tertiary/aromatic N) is 3. The number of rotatable bonds is 7. The quantitative estimate of drug-likeness (QED) is 0.731. The van der Waals surface area contributed by atoms with Gasteiger partial charge < -0.3 is 15.0 Å². The summed E-state index contributed by atoms with van der Waals surface area (Å²) in [6, 6.07) is 0. The monoisotopic (exact) mass is 252 g/mol. The number of hydrogen-bond donors (Lipinski definition) is 1. The van der Waals surface area contributed by atoms with Crippen LogP contribution in [0.3, 0.4) is 0 Å². The molecule has 0 atom stereocenters. The van der Waals surface area contributed by atoms with Gasteiger partial charge in [0.25, 0.3) is 0 Å². The van der Waals surface area contributed by atoms with Crippen LogP contribution in [0.15, 0.2) is 12.4 Å². The lowest BCUT2D eigenvalue weighted by atomic mass is 10.4. The molecule has 0 aliphatic carbocycles. The third-order valence-electron chi connectivity index (χ3n) is 2.66. The van der Waals surface area contributed by atoms with Crippen molar-refractivity contribution in [1.82, 2.24) is 14.9 Å². The predicted molar refractivity (Wildman–Crippen MR) is 69.6 cm³/mol. The fraction of sp³-hybridized carbons (Fsp3) is 0.583. The molecular weight excluding hydrogens is 232 g/mol. The van der Waals surface area contributed by atoms with Crippen molar-refractivity contribution in [3.8, 4) is 0 Å². The van der Waals surface area contributed by atoms with Crippen molar-refractivity contribution in [3.05, 3.63) is 18.1 Å². The van der Waals surface area contributed by atoms with Gasteiger partial charge in [0, 0.05) is 13.1 Å². The molecule has 0 amide bonds. The highest BCUT2D eigenvalue weighted by Crippen LogP contribution is 2.03. The van der Waals surface area contributed by atoms with Gasteiger partial charge in [0.05, 0.1) is 19.5 Å². The van der Waals surface area contributed by atoms with Crippen LogP contribution >= 0.6 is 0 Å². The Morgan fingerprint density at radius 2 is 2.11 bits per heavy atom. The average Bonchev–Trinajstić information content (AvgIpc) is 2.43. The van der Waals surface area contributed by atoms with Gasteiger partial charge >= 0.3 is 5.97 Å².